The fourth-order valence-corrected chi connectivity index (χ4v) is 3.88. The first-order valence-electron chi connectivity index (χ1n) is 9.41. The quantitative estimate of drug-likeness (QED) is 0.858. The lowest BCUT2D eigenvalue weighted by Crippen LogP contribution is -2.37. The Morgan fingerprint density at radius 2 is 1.96 bits per heavy atom. The van der Waals surface area contributed by atoms with Gasteiger partial charge in [0.05, 0.1) is 23.4 Å². The average Bonchev–Trinajstić information content (AvgIpc) is 2.94. The van der Waals surface area contributed by atoms with E-state index in [0.29, 0.717) is 5.65 Å². The van der Waals surface area contributed by atoms with Crippen molar-refractivity contribution in [3.8, 4) is 0 Å². The highest BCUT2D eigenvalue weighted by molar-refractivity contribution is 5.89. The largest absolute Gasteiger partial charge is 0.478 e. The molecule has 26 heavy (non-hydrogen) atoms. The zero-order chi connectivity index (χ0) is 18.8. The molecule has 1 amide bonds. The third-order valence-corrected chi connectivity index (χ3v) is 5.12. The molecule has 0 aromatic carbocycles. The molecule has 2 aromatic rings. The number of nitrogens with one attached hydrogen (secondary N) is 1. The van der Waals surface area contributed by atoms with Crippen molar-refractivity contribution in [2.75, 3.05) is 0 Å². The van der Waals surface area contributed by atoms with Crippen LogP contribution in [-0.4, -0.2) is 32.4 Å². The summed E-state index contributed by atoms with van der Waals surface area (Å²) in [6, 6.07) is 3.48. The molecule has 6 heteroatoms. The number of carboxylic acid groups (broad SMARTS) is 1. The van der Waals surface area contributed by atoms with Gasteiger partial charge in [-0.05, 0) is 37.8 Å². The summed E-state index contributed by atoms with van der Waals surface area (Å²) in [5.74, 6) is -0.802. The number of pyridine rings is 1. The van der Waals surface area contributed by atoms with E-state index in [-0.39, 0.29) is 29.9 Å². The number of aromatic carboxylic acids is 1. The molecule has 1 fully saturated rings. The normalized spacial score (nSPS) is 15.5. The first-order valence-corrected chi connectivity index (χ1v) is 9.41. The fourth-order valence-electron chi connectivity index (χ4n) is 3.88. The number of hydrogen-bond acceptors (Lipinski definition) is 3. The van der Waals surface area contributed by atoms with Crippen LogP contribution in [0.4, 0.5) is 0 Å². The van der Waals surface area contributed by atoms with Crippen molar-refractivity contribution in [2.24, 2.45) is 0 Å². The topological polar surface area (TPSA) is 83.7 Å². The van der Waals surface area contributed by atoms with E-state index < -0.39 is 5.97 Å². The summed E-state index contributed by atoms with van der Waals surface area (Å²) >= 11 is 0. The van der Waals surface area contributed by atoms with Gasteiger partial charge in [-0.25, -0.2) is 9.78 Å². The molecular weight excluding hydrogens is 330 g/mol. The summed E-state index contributed by atoms with van der Waals surface area (Å²) in [7, 11) is 0. The van der Waals surface area contributed by atoms with Crippen molar-refractivity contribution in [2.45, 2.75) is 71.3 Å². The van der Waals surface area contributed by atoms with Crippen LogP contribution >= 0.6 is 0 Å². The number of imidazole rings is 1. The number of fused-ring (bicyclic) bond motifs is 1. The van der Waals surface area contributed by atoms with Crippen LogP contribution in [0.1, 0.15) is 79.3 Å². The zero-order valence-corrected chi connectivity index (χ0v) is 15.7. The molecule has 2 heterocycles. The minimum atomic E-state index is -0.971. The molecule has 0 unspecified atom stereocenters. The van der Waals surface area contributed by atoms with E-state index >= 15 is 0 Å². The molecule has 140 valence electrons. The van der Waals surface area contributed by atoms with Crippen molar-refractivity contribution in [3.05, 3.63) is 34.8 Å². The summed E-state index contributed by atoms with van der Waals surface area (Å²) in [4.78, 5) is 28.6. The molecule has 1 aliphatic rings. The Morgan fingerprint density at radius 3 is 2.58 bits per heavy atom. The number of aromatic nitrogens is 2. The second-order valence-electron chi connectivity index (χ2n) is 7.56. The Kier molecular flexibility index (Phi) is 5.30. The minimum absolute atomic E-state index is 0.0160. The predicted octanol–water partition coefficient (Wildman–Crippen LogP) is 3.46. The van der Waals surface area contributed by atoms with E-state index in [0.717, 1.165) is 29.9 Å². The number of carbonyl (C=O) groups excluding carboxylic acids is 1. The molecule has 3 rings (SSSR count). The second kappa shape index (κ2) is 7.48. The van der Waals surface area contributed by atoms with Gasteiger partial charge in [0.25, 0.3) is 0 Å². The lowest BCUT2D eigenvalue weighted by atomic mass is 9.95. The minimum Gasteiger partial charge on any atom is -0.478 e. The molecule has 0 saturated heterocycles. The standard InChI is InChI=1S/C20H27N3O3/c1-12(2)19-16(11-18(24)21-15-7-5-4-6-8-15)23-13(3)9-14(20(25)26)10-17(23)22-19/h9-10,12,15H,4-8,11H2,1-3H3,(H,21,24)(H,25,26). The number of nitrogens with zero attached hydrogens (tertiary/aromatic N) is 2. The number of amides is 1. The highest BCUT2D eigenvalue weighted by Crippen LogP contribution is 2.24. The fraction of sp³-hybridized carbons (Fsp3) is 0.550. The van der Waals surface area contributed by atoms with E-state index in [9.17, 15) is 14.7 Å². The lowest BCUT2D eigenvalue weighted by Gasteiger charge is -2.23. The van der Waals surface area contributed by atoms with Gasteiger partial charge in [0, 0.05) is 11.7 Å². The van der Waals surface area contributed by atoms with Gasteiger partial charge in [-0.15, -0.1) is 0 Å². The van der Waals surface area contributed by atoms with E-state index in [1.54, 1.807) is 12.1 Å². The number of carbonyl (C=O) groups is 2. The first kappa shape index (κ1) is 18.4. The van der Waals surface area contributed by atoms with Crippen LogP contribution in [0, 0.1) is 6.92 Å². The number of hydrogen-bond donors (Lipinski definition) is 2. The van der Waals surface area contributed by atoms with E-state index in [4.69, 9.17) is 0 Å². The molecule has 0 bridgehead atoms. The van der Waals surface area contributed by atoms with Crippen LogP contribution in [0.3, 0.4) is 0 Å². The molecule has 0 aliphatic heterocycles. The molecule has 2 aromatic heterocycles. The lowest BCUT2D eigenvalue weighted by molar-refractivity contribution is -0.121. The molecule has 2 N–H and O–H groups in total. The third kappa shape index (κ3) is 3.74. The van der Waals surface area contributed by atoms with Crippen molar-refractivity contribution in [1.82, 2.24) is 14.7 Å². The maximum Gasteiger partial charge on any atom is 0.335 e. The van der Waals surface area contributed by atoms with Crippen molar-refractivity contribution < 1.29 is 14.7 Å². The molecule has 0 spiro atoms. The maximum absolute atomic E-state index is 12.6. The Balaban J connectivity index is 1.93. The van der Waals surface area contributed by atoms with Crippen molar-refractivity contribution >= 4 is 17.5 Å². The van der Waals surface area contributed by atoms with Crippen molar-refractivity contribution in [3.63, 3.8) is 0 Å². The SMILES string of the molecule is Cc1cc(C(=O)O)cc2nc(C(C)C)c(CC(=O)NC3CCCCC3)n12. The predicted molar refractivity (Wildman–Crippen MR) is 99.7 cm³/mol. The van der Waals surface area contributed by atoms with E-state index in [2.05, 4.69) is 10.3 Å². The highest BCUT2D eigenvalue weighted by atomic mass is 16.4. The summed E-state index contributed by atoms with van der Waals surface area (Å²) in [5.41, 5.74) is 3.30. The number of carboxylic acids is 1. The Bertz CT molecular complexity index is 832. The zero-order valence-electron chi connectivity index (χ0n) is 15.7. The van der Waals surface area contributed by atoms with Gasteiger partial charge >= 0.3 is 5.97 Å². The maximum atomic E-state index is 12.6. The summed E-state index contributed by atoms with van der Waals surface area (Å²) in [6.45, 7) is 5.93. The smallest absolute Gasteiger partial charge is 0.335 e. The Labute approximate surface area is 153 Å². The third-order valence-electron chi connectivity index (χ3n) is 5.12. The summed E-state index contributed by atoms with van der Waals surface area (Å²) in [6.07, 6.45) is 5.97. The van der Waals surface area contributed by atoms with Gasteiger partial charge in [-0.3, -0.25) is 4.79 Å². The number of rotatable bonds is 5. The van der Waals surface area contributed by atoms with Gasteiger partial charge in [-0.1, -0.05) is 33.1 Å². The molecule has 0 atom stereocenters. The Morgan fingerprint density at radius 1 is 1.27 bits per heavy atom. The van der Waals surface area contributed by atoms with Gasteiger partial charge < -0.3 is 14.8 Å². The Hall–Kier alpha value is -2.37. The van der Waals surface area contributed by atoms with Gasteiger partial charge in [0.2, 0.25) is 5.91 Å². The van der Waals surface area contributed by atoms with Crippen LogP contribution in [0.15, 0.2) is 12.1 Å². The highest BCUT2D eigenvalue weighted by Gasteiger charge is 2.22. The molecule has 1 saturated carbocycles. The van der Waals surface area contributed by atoms with Crippen LogP contribution in [0.5, 0.6) is 0 Å². The second-order valence-corrected chi connectivity index (χ2v) is 7.56. The average molecular weight is 357 g/mol. The van der Waals surface area contributed by atoms with Gasteiger partial charge in [0.1, 0.15) is 5.65 Å². The van der Waals surface area contributed by atoms with Crippen LogP contribution in [-0.2, 0) is 11.2 Å². The van der Waals surface area contributed by atoms with Crippen LogP contribution in [0.25, 0.3) is 5.65 Å². The summed E-state index contributed by atoms with van der Waals surface area (Å²) in [5, 5.41) is 12.4. The molecular formula is C20H27N3O3. The first-order chi connectivity index (χ1) is 12.4. The number of aryl methyl sites for hydroxylation is 1. The van der Waals surface area contributed by atoms with E-state index in [1.807, 2.05) is 25.2 Å². The van der Waals surface area contributed by atoms with Crippen LogP contribution < -0.4 is 5.32 Å². The van der Waals surface area contributed by atoms with Crippen LogP contribution in [0.2, 0.25) is 0 Å². The van der Waals surface area contributed by atoms with Gasteiger partial charge in [-0.2, -0.15) is 0 Å². The van der Waals surface area contributed by atoms with Gasteiger partial charge in [0.15, 0.2) is 0 Å². The molecule has 0 radical (unpaired) electrons. The summed E-state index contributed by atoms with van der Waals surface area (Å²) < 4.78 is 1.92. The molecule has 1 aliphatic carbocycles. The van der Waals surface area contributed by atoms with E-state index in [1.165, 1.54) is 19.3 Å². The van der Waals surface area contributed by atoms with Crippen molar-refractivity contribution in [1.29, 1.82) is 0 Å². The monoisotopic (exact) mass is 357 g/mol. The molecule has 6 nitrogen and oxygen atoms in total.